The topological polar surface area (TPSA) is 26.0 Å². The summed E-state index contributed by atoms with van der Waals surface area (Å²) in [6.45, 7) is 6.77. The summed E-state index contributed by atoms with van der Waals surface area (Å²) >= 11 is 0. The van der Waals surface area contributed by atoms with Gasteiger partial charge in [0, 0.05) is 5.70 Å². The van der Waals surface area contributed by atoms with E-state index in [1.165, 1.54) is 0 Å². The van der Waals surface area contributed by atoms with Gasteiger partial charge in [-0.15, -0.1) is 0 Å². The highest BCUT2D eigenvalue weighted by molar-refractivity contribution is 5.23. The molecule has 0 aromatic rings. The maximum Gasteiger partial charge on any atom is 0.0270 e. The van der Waals surface area contributed by atoms with Gasteiger partial charge in [0.25, 0.3) is 0 Å². The van der Waals surface area contributed by atoms with Crippen LogP contribution in [0.4, 0.5) is 0 Å². The van der Waals surface area contributed by atoms with E-state index in [0.717, 1.165) is 12.1 Å². The van der Waals surface area contributed by atoms with Crippen molar-refractivity contribution >= 4 is 0 Å². The average Bonchev–Trinajstić information content (AvgIpc) is 1.95. The minimum atomic E-state index is 0.322. The Hall–Kier alpha value is -0.720. The summed E-state index contributed by atoms with van der Waals surface area (Å²) in [5, 5.41) is 0. The maximum atomic E-state index is 5.63. The molecule has 0 fully saturated rings. The van der Waals surface area contributed by atoms with Gasteiger partial charge in [-0.25, -0.2) is 0 Å². The third kappa shape index (κ3) is 1.65. The zero-order valence-electron chi connectivity index (χ0n) is 7.59. The van der Waals surface area contributed by atoms with Crippen LogP contribution in [0.1, 0.15) is 27.2 Å². The highest BCUT2D eigenvalue weighted by Crippen LogP contribution is 2.35. The number of nitrogens with two attached hydrogens (primary N) is 1. The molecule has 1 rings (SSSR count). The number of allylic oxidation sites excluding steroid dienone is 3. The first-order valence-electron chi connectivity index (χ1n) is 4.19. The molecule has 0 heterocycles. The Labute approximate surface area is 69.0 Å². The van der Waals surface area contributed by atoms with Gasteiger partial charge >= 0.3 is 0 Å². The van der Waals surface area contributed by atoms with Gasteiger partial charge in [-0.1, -0.05) is 32.9 Å². The third-order valence-electron chi connectivity index (χ3n) is 2.75. The van der Waals surface area contributed by atoms with E-state index in [0.29, 0.717) is 11.3 Å². The number of rotatable bonds is 1. The Bertz CT molecular complexity index is 201. The normalized spacial score (nSPS) is 30.7. The van der Waals surface area contributed by atoms with Crippen molar-refractivity contribution in [1.29, 1.82) is 0 Å². The predicted octanol–water partition coefficient (Wildman–Crippen LogP) is 2.45. The first-order chi connectivity index (χ1) is 5.04. The SMILES string of the molecule is CC(C)C1(C)C=CC(N)=CC1. The Morgan fingerprint density at radius 2 is 2.18 bits per heavy atom. The van der Waals surface area contributed by atoms with E-state index in [2.05, 4.69) is 32.9 Å². The Morgan fingerprint density at radius 3 is 2.55 bits per heavy atom. The van der Waals surface area contributed by atoms with Crippen molar-refractivity contribution in [3.8, 4) is 0 Å². The van der Waals surface area contributed by atoms with E-state index in [1.54, 1.807) is 0 Å². The third-order valence-corrected chi connectivity index (χ3v) is 2.75. The summed E-state index contributed by atoms with van der Waals surface area (Å²) in [4.78, 5) is 0. The molecule has 0 aromatic heterocycles. The van der Waals surface area contributed by atoms with Crippen LogP contribution in [0.15, 0.2) is 23.9 Å². The molecule has 1 unspecified atom stereocenters. The van der Waals surface area contributed by atoms with Gasteiger partial charge in [-0.3, -0.25) is 0 Å². The molecule has 2 N–H and O–H groups in total. The molecule has 0 aromatic carbocycles. The molecule has 1 atom stereocenters. The monoisotopic (exact) mass is 151 g/mol. The molecule has 0 saturated heterocycles. The van der Waals surface area contributed by atoms with Crippen LogP contribution in [-0.2, 0) is 0 Å². The van der Waals surface area contributed by atoms with E-state index < -0.39 is 0 Å². The molecule has 11 heavy (non-hydrogen) atoms. The van der Waals surface area contributed by atoms with Crippen LogP contribution in [0.3, 0.4) is 0 Å². The van der Waals surface area contributed by atoms with E-state index >= 15 is 0 Å². The molecule has 0 bridgehead atoms. The highest BCUT2D eigenvalue weighted by Gasteiger charge is 2.25. The summed E-state index contributed by atoms with van der Waals surface area (Å²) in [6, 6.07) is 0. The lowest BCUT2D eigenvalue weighted by Gasteiger charge is -2.31. The highest BCUT2D eigenvalue weighted by atomic mass is 14.6. The van der Waals surface area contributed by atoms with Crippen molar-refractivity contribution in [2.24, 2.45) is 17.1 Å². The standard InChI is InChI=1S/C10H17N/c1-8(2)10(3)6-4-9(11)5-7-10/h4-6,8H,7,11H2,1-3H3. The quantitative estimate of drug-likeness (QED) is 0.612. The average molecular weight is 151 g/mol. The van der Waals surface area contributed by atoms with Crippen LogP contribution in [-0.4, -0.2) is 0 Å². The minimum Gasteiger partial charge on any atom is -0.399 e. The van der Waals surface area contributed by atoms with E-state index in [9.17, 15) is 0 Å². The van der Waals surface area contributed by atoms with Gasteiger partial charge in [0.1, 0.15) is 0 Å². The lowest BCUT2D eigenvalue weighted by Crippen LogP contribution is -2.22. The van der Waals surface area contributed by atoms with Crippen LogP contribution in [0.25, 0.3) is 0 Å². The fourth-order valence-electron chi connectivity index (χ4n) is 1.19. The summed E-state index contributed by atoms with van der Waals surface area (Å²) in [5.74, 6) is 0.683. The number of hydrogen-bond acceptors (Lipinski definition) is 1. The molecular formula is C10H17N. The van der Waals surface area contributed by atoms with Crippen molar-refractivity contribution in [3.05, 3.63) is 23.9 Å². The van der Waals surface area contributed by atoms with E-state index in [1.807, 2.05) is 6.08 Å². The second kappa shape index (κ2) is 2.72. The lowest BCUT2D eigenvalue weighted by atomic mass is 9.74. The van der Waals surface area contributed by atoms with Crippen molar-refractivity contribution in [1.82, 2.24) is 0 Å². The Morgan fingerprint density at radius 1 is 1.55 bits per heavy atom. The first-order valence-corrected chi connectivity index (χ1v) is 4.19. The number of hydrogen-bond donors (Lipinski definition) is 1. The molecule has 0 amide bonds. The molecule has 1 aliphatic carbocycles. The van der Waals surface area contributed by atoms with Gasteiger partial charge in [-0.05, 0) is 23.8 Å². The van der Waals surface area contributed by atoms with Gasteiger partial charge in [-0.2, -0.15) is 0 Å². The van der Waals surface area contributed by atoms with Gasteiger partial charge in [0.05, 0.1) is 0 Å². The van der Waals surface area contributed by atoms with Gasteiger partial charge < -0.3 is 5.73 Å². The molecular weight excluding hydrogens is 134 g/mol. The minimum absolute atomic E-state index is 0.322. The summed E-state index contributed by atoms with van der Waals surface area (Å²) in [7, 11) is 0. The van der Waals surface area contributed by atoms with Gasteiger partial charge in [0.15, 0.2) is 0 Å². The fraction of sp³-hybridized carbons (Fsp3) is 0.600. The molecule has 0 spiro atoms. The predicted molar refractivity (Wildman–Crippen MR) is 49.0 cm³/mol. The molecule has 0 radical (unpaired) electrons. The summed E-state index contributed by atoms with van der Waals surface area (Å²) in [6.07, 6.45) is 7.43. The van der Waals surface area contributed by atoms with E-state index in [-0.39, 0.29) is 0 Å². The molecule has 1 aliphatic rings. The van der Waals surface area contributed by atoms with Gasteiger partial charge in [0.2, 0.25) is 0 Å². The fourth-order valence-corrected chi connectivity index (χ4v) is 1.19. The van der Waals surface area contributed by atoms with Crippen molar-refractivity contribution in [3.63, 3.8) is 0 Å². The van der Waals surface area contributed by atoms with Crippen LogP contribution in [0, 0.1) is 11.3 Å². The molecule has 0 aliphatic heterocycles. The maximum absolute atomic E-state index is 5.63. The molecule has 0 saturated carbocycles. The van der Waals surface area contributed by atoms with Crippen molar-refractivity contribution < 1.29 is 0 Å². The smallest absolute Gasteiger partial charge is 0.0270 e. The zero-order valence-corrected chi connectivity index (χ0v) is 7.59. The van der Waals surface area contributed by atoms with Crippen LogP contribution >= 0.6 is 0 Å². The molecule has 1 nitrogen and oxygen atoms in total. The second-order valence-corrected chi connectivity index (χ2v) is 3.90. The largest absolute Gasteiger partial charge is 0.399 e. The summed E-state index contributed by atoms with van der Waals surface area (Å²) < 4.78 is 0. The van der Waals surface area contributed by atoms with E-state index in [4.69, 9.17) is 5.73 Å². The summed E-state index contributed by atoms with van der Waals surface area (Å²) in [5.41, 5.74) is 6.86. The lowest BCUT2D eigenvalue weighted by molar-refractivity contribution is 0.298. The van der Waals surface area contributed by atoms with Crippen LogP contribution < -0.4 is 5.73 Å². The molecule has 1 heteroatoms. The first kappa shape index (κ1) is 8.38. The van der Waals surface area contributed by atoms with Crippen LogP contribution in [0.5, 0.6) is 0 Å². The van der Waals surface area contributed by atoms with Crippen molar-refractivity contribution in [2.45, 2.75) is 27.2 Å². The molecule has 62 valence electrons. The Balaban J connectivity index is 2.74. The van der Waals surface area contributed by atoms with Crippen molar-refractivity contribution in [2.75, 3.05) is 0 Å². The van der Waals surface area contributed by atoms with Crippen LogP contribution in [0.2, 0.25) is 0 Å². The second-order valence-electron chi connectivity index (χ2n) is 3.90. The Kier molecular flexibility index (Phi) is 2.08. The zero-order chi connectivity index (χ0) is 8.48.